The van der Waals surface area contributed by atoms with Gasteiger partial charge in [-0.25, -0.2) is 9.67 Å². The van der Waals surface area contributed by atoms with Gasteiger partial charge in [0.2, 0.25) is 5.91 Å². The number of halogens is 1. The molecule has 0 spiro atoms. The quantitative estimate of drug-likeness (QED) is 0.669. The average molecular weight is 442 g/mol. The van der Waals surface area contributed by atoms with Crippen LogP contribution in [0.3, 0.4) is 0 Å². The van der Waals surface area contributed by atoms with Crippen molar-refractivity contribution in [2.24, 2.45) is 5.92 Å². The van der Waals surface area contributed by atoms with Crippen molar-refractivity contribution in [3.63, 3.8) is 0 Å². The molecule has 1 atom stereocenters. The lowest BCUT2D eigenvalue weighted by Gasteiger charge is -2.32. The molecule has 1 N–H and O–H groups in total. The number of aromatic nitrogens is 5. The average Bonchev–Trinajstić information content (AvgIpc) is 3.25. The summed E-state index contributed by atoms with van der Waals surface area (Å²) < 4.78 is 2.45. The van der Waals surface area contributed by atoms with Gasteiger partial charge in [-0.1, -0.05) is 6.07 Å². The largest absolute Gasteiger partial charge is 0.354 e. The minimum atomic E-state index is -0.0984. The van der Waals surface area contributed by atoms with Crippen LogP contribution in [0.4, 0.5) is 11.5 Å². The van der Waals surface area contributed by atoms with Crippen LogP contribution < -0.4 is 10.2 Å². The minimum absolute atomic E-state index is 0.0291. The number of aryl methyl sites for hydroxylation is 1. The molecular weight excluding hydrogens is 422 g/mol. The lowest BCUT2D eigenvalue weighted by Crippen LogP contribution is -2.41. The predicted octanol–water partition coefficient (Wildman–Crippen LogP) is 2.98. The maximum absolute atomic E-state index is 12.8. The van der Waals surface area contributed by atoms with E-state index in [2.05, 4.69) is 46.4 Å². The van der Waals surface area contributed by atoms with Gasteiger partial charge in [-0.2, -0.15) is 5.10 Å². The zero-order chi connectivity index (χ0) is 19.5. The maximum Gasteiger partial charge on any atom is 0.229 e. The summed E-state index contributed by atoms with van der Waals surface area (Å²) in [5.74, 6) is 1.30. The van der Waals surface area contributed by atoms with Gasteiger partial charge in [0.15, 0.2) is 11.6 Å². The molecule has 2 aromatic heterocycles. The van der Waals surface area contributed by atoms with Crippen LogP contribution in [0.5, 0.6) is 0 Å². The number of hydrogen-bond donors (Lipinski definition) is 1. The summed E-state index contributed by atoms with van der Waals surface area (Å²) in [6, 6.07) is 9.66. The number of carbonyl (C=O) groups is 1. The maximum atomic E-state index is 12.8. The molecule has 0 aliphatic carbocycles. The summed E-state index contributed by atoms with van der Waals surface area (Å²) in [6.45, 7) is 3.49. The first kappa shape index (κ1) is 18.5. The molecule has 1 aliphatic heterocycles. The van der Waals surface area contributed by atoms with Gasteiger partial charge in [-0.05, 0) is 65.5 Å². The van der Waals surface area contributed by atoms with Crippen LogP contribution in [0.1, 0.15) is 18.4 Å². The molecule has 1 amide bonds. The smallest absolute Gasteiger partial charge is 0.229 e. The number of rotatable bonds is 4. The molecule has 28 heavy (non-hydrogen) atoms. The summed E-state index contributed by atoms with van der Waals surface area (Å²) in [7, 11) is 0. The van der Waals surface area contributed by atoms with Crippen LogP contribution in [0.25, 0.3) is 5.82 Å². The molecule has 3 aromatic rings. The molecular formula is C19H20BrN7O. The van der Waals surface area contributed by atoms with Gasteiger partial charge in [0.1, 0.15) is 12.7 Å². The first-order valence-corrected chi connectivity index (χ1v) is 9.90. The van der Waals surface area contributed by atoms with Crippen molar-refractivity contribution in [2.75, 3.05) is 23.3 Å². The highest BCUT2D eigenvalue weighted by atomic mass is 79.9. The minimum Gasteiger partial charge on any atom is -0.354 e. The number of anilines is 2. The number of nitrogens with zero attached hydrogens (tertiary/aromatic N) is 6. The standard InChI is InChI=1S/C19H20BrN7O/c1-13-4-5-16(15(20)9-13)23-19(28)14-3-2-8-26(10-14)17-6-7-18(25-24-17)27-12-21-11-22-27/h4-7,9,11-12,14H,2-3,8,10H2,1H3,(H,23,28). The van der Waals surface area contributed by atoms with Crippen molar-refractivity contribution in [2.45, 2.75) is 19.8 Å². The molecule has 8 nitrogen and oxygen atoms in total. The number of amides is 1. The Morgan fingerprint density at radius 2 is 2.04 bits per heavy atom. The van der Waals surface area contributed by atoms with E-state index in [0.717, 1.165) is 40.9 Å². The second kappa shape index (κ2) is 8.05. The molecule has 9 heteroatoms. The van der Waals surface area contributed by atoms with Crippen molar-refractivity contribution in [3.05, 3.63) is 53.0 Å². The lowest BCUT2D eigenvalue weighted by molar-refractivity contribution is -0.120. The third kappa shape index (κ3) is 4.04. The van der Waals surface area contributed by atoms with Crippen LogP contribution in [0.15, 0.2) is 47.5 Å². The third-order valence-corrected chi connectivity index (χ3v) is 5.44. The molecule has 1 unspecified atom stereocenters. The fourth-order valence-corrected chi connectivity index (χ4v) is 3.88. The monoisotopic (exact) mass is 441 g/mol. The molecule has 1 aliphatic rings. The summed E-state index contributed by atoms with van der Waals surface area (Å²) in [5.41, 5.74) is 1.94. The summed E-state index contributed by atoms with van der Waals surface area (Å²) in [4.78, 5) is 18.8. The second-order valence-corrected chi connectivity index (χ2v) is 7.70. The Kier molecular flexibility index (Phi) is 5.34. The first-order chi connectivity index (χ1) is 13.6. The van der Waals surface area contributed by atoms with Crippen LogP contribution in [0.2, 0.25) is 0 Å². The molecule has 0 radical (unpaired) electrons. The Labute approximate surface area is 171 Å². The number of benzene rings is 1. The summed E-state index contributed by atoms with van der Waals surface area (Å²) in [6.07, 6.45) is 4.82. The summed E-state index contributed by atoms with van der Waals surface area (Å²) >= 11 is 3.52. The number of carbonyl (C=O) groups excluding carboxylic acids is 1. The van der Waals surface area contributed by atoms with E-state index < -0.39 is 0 Å². The van der Waals surface area contributed by atoms with Gasteiger partial charge < -0.3 is 10.2 Å². The molecule has 1 saturated heterocycles. The molecule has 4 rings (SSSR count). The number of piperidine rings is 1. The summed E-state index contributed by atoms with van der Waals surface area (Å²) in [5, 5.41) is 15.6. The Morgan fingerprint density at radius 1 is 1.21 bits per heavy atom. The SMILES string of the molecule is Cc1ccc(NC(=O)C2CCCN(c3ccc(-n4cncn4)nn3)C2)c(Br)c1. The van der Waals surface area contributed by atoms with Gasteiger partial charge in [0.05, 0.1) is 11.6 Å². The number of hydrogen-bond acceptors (Lipinski definition) is 6. The van der Waals surface area contributed by atoms with E-state index in [1.165, 1.54) is 6.33 Å². The van der Waals surface area contributed by atoms with Gasteiger partial charge in [0, 0.05) is 17.6 Å². The zero-order valence-electron chi connectivity index (χ0n) is 15.4. The molecule has 1 aromatic carbocycles. The second-order valence-electron chi connectivity index (χ2n) is 6.85. The Hall–Kier alpha value is -2.81. The highest BCUT2D eigenvalue weighted by Gasteiger charge is 2.27. The van der Waals surface area contributed by atoms with Crippen molar-refractivity contribution < 1.29 is 4.79 Å². The topological polar surface area (TPSA) is 88.8 Å². The predicted molar refractivity (Wildman–Crippen MR) is 109 cm³/mol. The molecule has 0 bridgehead atoms. The van der Waals surface area contributed by atoms with E-state index in [1.807, 2.05) is 37.3 Å². The highest BCUT2D eigenvalue weighted by molar-refractivity contribution is 9.10. The van der Waals surface area contributed by atoms with E-state index in [-0.39, 0.29) is 11.8 Å². The van der Waals surface area contributed by atoms with E-state index >= 15 is 0 Å². The number of nitrogens with one attached hydrogen (secondary N) is 1. The van der Waals surface area contributed by atoms with Crippen molar-refractivity contribution in [1.82, 2.24) is 25.0 Å². The van der Waals surface area contributed by atoms with Crippen LogP contribution in [0, 0.1) is 12.8 Å². The fourth-order valence-electron chi connectivity index (χ4n) is 3.29. The Bertz CT molecular complexity index is 959. The molecule has 3 heterocycles. The van der Waals surface area contributed by atoms with Crippen LogP contribution in [-0.4, -0.2) is 44.0 Å². The Balaban J connectivity index is 1.43. The lowest BCUT2D eigenvalue weighted by atomic mass is 9.97. The Morgan fingerprint density at radius 3 is 2.75 bits per heavy atom. The van der Waals surface area contributed by atoms with Crippen LogP contribution >= 0.6 is 15.9 Å². The van der Waals surface area contributed by atoms with Crippen LogP contribution in [-0.2, 0) is 4.79 Å². The molecule has 0 saturated carbocycles. The van der Waals surface area contributed by atoms with Gasteiger partial charge in [-0.15, -0.1) is 10.2 Å². The van der Waals surface area contributed by atoms with Crippen molar-refractivity contribution >= 4 is 33.3 Å². The highest BCUT2D eigenvalue weighted by Crippen LogP contribution is 2.26. The first-order valence-electron chi connectivity index (χ1n) is 9.11. The molecule has 144 valence electrons. The molecule has 1 fully saturated rings. The normalized spacial score (nSPS) is 16.8. The third-order valence-electron chi connectivity index (χ3n) is 4.79. The van der Waals surface area contributed by atoms with E-state index in [1.54, 1.807) is 11.0 Å². The van der Waals surface area contributed by atoms with E-state index in [4.69, 9.17) is 0 Å². The van der Waals surface area contributed by atoms with Crippen molar-refractivity contribution in [3.8, 4) is 5.82 Å². The van der Waals surface area contributed by atoms with Crippen molar-refractivity contribution in [1.29, 1.82) is 0 Å². The van der Waals surface area contributed by atoms with E-state index in [0.29, 0.717) is 12.4 Å². The van der Waals surface area contributed by atoms with Gasteiger partial charge >= 0.3 is 0 Å². The fraction of sp³-hybridized carbons (Fsp3) is 0.316. The zero-order valence-corrected chi connectivity index (χ0v) is 17.0. The van der Waals surface area contributed by atoms with Gasteiger partial charge in [-0.3, -0.25) is 4.79 Å². The van der Waals surface area contributed by atoms with Gasteiger partial charge in [0.25, 0.3) is 0 Å². The van der Waals surface area contributed by atoms with E-state index in [9.17, 15) is 4.79 Å².